The van der Waals surface area contributed by atoms with Gasteiger partial charge in [-0.1, -0.05) is 30.2 Å². The number of rotatable bonds is 5. The first-order valence-electron chi connectivity index (χ1n) is 9.78. The molecule has 2 aromatic heterocycles. The summed E-state index contributed by atoms with van der Waals surface area (Å²) in [6.45, 7) is 0. The zero-order valence-corrected chi connectivity index (χ0v) is 17.3. The summed E-state index contributed by atoms with van der Waals surface area (Å²) in [5.74, 6) is 0.127. The average molecular weight is 417 g/mol. The number of anilines is 1. The molecule has 29 heavy (non-hydrogen) atoms. The fourth-order valence-electron chi connectivity index (χ4n) is 3.92. The predicted octanol–water partition coefficient (Wildman–Crippen LogP) is 3.61. The Bertz CT molecular complexity index is 946. The maximum atomic E-state index is 15.1. The molecule has 0 spiro atoms. The van der Waals surface area contributed by atoms with E-state index in [1.807, 2.05) is 31.1 Å². The molecule has 0 saturated heterocycles. The summed E-state index contributed by atoms with van der Waals surface area (Å²) in [5.41, 5.74) is 2.37. The van der Waals surface area contributed by atoms with Crippen molar-refractivity contribution in [2.75, 3.05) is 19.0 Å². The third-order valence-corrected chi connectivity index (χ3v) is 6.71. The molecule has 1 fully saturated rings. The van der Waals surface area contributed by atoms with E-state index in [1.54, 1.807) is 18.5 Å². The number of hydrogen-bond donors (Lipinski definition) is 3. The molecule has 9 heteroatoms. The lowest BCUT2D eigenvalue weighted by atomic mass is 10.0. The maximum Gasteiger partial charge on any atom is 0.208 e. The molecule has 1 aromatic carbocycles. The molecular formula is C20H25FN6OS. The molecule has 1 aliphatic carbocycles. The van der Waals surface area contributed by atoms with E-state index in [4.69, 9.17) is 0 Å². The molecule has 1 saturated carbocycles. The number of phenolic OH excluding ortho intramolecular Hbond substituents is 1. The summed E-state index contributed by atoms with van der Waals surface area (Å²) in [6.07, 6.45) is 6.15. The number of aromatic hydroxyl groups is 1. The summed E-state index contributed by atoms with van der Waals surface area (Å²) in [4.78, 5) is 1.90. The minimum Gasteiger partial charge on any atom is -0.507 e. The third-order valence-electron chi connectivity index (χ3n) is 5.66. The van der Waals surface area contributed by atoms with E-state index in [1.165, 1.54) is 11.3 Å². The number of hydrogen-bond acceptors (Lipinski definition) is 7. The molecule has 0 bridgehead atoms. The van der Waals surface area contributed by atoms with E-state index in [9.17, 15) is 5.11 Å². The van der Waals surface area contributed by atoms with Gasteiger partial charge in [-0.15, -0.1) is 10.2 Å². The van der Waals surface area contributed by atoms with Crippen molar-refractivity contribution in [2.24, 2.45) is 0 Å². The maximum absolute atomic E-state index is 15.1. The van der Waals surface area contributed by atoms with Crippen LogP contribution in [0, 0.1) is 0 Å². The number of benzene rings is 1. The number of aromatic nitrogens is 4. The van der Waals surface area contributed by atoms with E-state index in [2.05, 4.69) is 25.7 Å². The van der Waals surface area contributed by atoms with Crippen LogP contribution in [0.15, 0.2) is 30.6 Å². The van der Waals surface area contributed by atoms with Crippen LogP contribution < -0.4 is 10.2 Å². The van der Waals surface area contributed by atoms with E-state index >= 15 is 4.39 Å². The van der Waals surface area contributed by atoms with Crippen LogP contribution in [0.1, 0.15) is 25.7 Å². The van der Waals surface area contributed by atoms with Gasteiger partial charge in [-0.3, -0.25) is 5.10 Å². The van der Waals surface area contributed by atoms with Crippen molar-refractivity contribution in [1.29, 1.82) is 0 Å². The third kappa shape index (κ3) is 3.97. The van der Waals surface area contributed by atoms with Crippen LogP contribution in [0.2, 0.25) is 0 Å². The van der Waals surface area contributed by atoms with Crippen molar-refractivity contribution in [2.45, 2.75) is 43.9 Å². The Hall–Kier alpha value is -2.52. The van der Waals surface area contributed by atoms with Gasteiger partial charge in [0, 0.05) is 24.8 Å². The predicted molar refractivity (Wildman–Crippen MR) is 113 cm³/mol. The number of phenols is 1. The van der Waals surface area contributed by atoms with Gasteiger partial charge in [0.2, 0.25) is 5.13 Å². The topological polar surface area (TPSA) is 90.0 Å². The lowest BCUT2D eigenvalue weighted by molar-refractivity contribution is 0.215. The van der Waals surface area contributed by atoms with Crippen molar-refractivity contribution < 1.29 is 9.50 Å². The summed E-state index contributed by atoms with van der Waals surface area (Å²) < 4.78 is 15.1. The van der Waals surface area contributed by atoms with Crippen molar-refractivity contribution in [3.05, 3.63) is 30.6 Å². The molecule has 154 valence electrons. The van der Waals surface area contributed by atoms with Gasteiger partial charge in [0.05, 0.1) is 17.8 Å². The SMILES string of the molecule is CN[C@H]1CCCC[C@@H](N(C)c2nnc(-c3ccc(-c4cn[nH]c4)cc3O)s2)[C@H]1F. The fraction of sp³-hybridized carbons (Fsp3) is 0.450. The fourth-order valence-corrected chi connectivity index (χ4v) is 4.82. The zero-order chi connectivity index (χ0) is 20.4. The average Bonchev–Trinajstić information content (AvgIpc) is 3.39. The molecule has 0 radical (unpaired) electrons. The lowest BCUT2D eigenvalue weighted by Gasteiger charge is -2.32. The highest BCUT2D eigenvalue weighted by Crippen LogP contribution is 2.37. The number of halogens is 1. The Labute approximate surface area is 173 Å². The minimum absolute atomic E-state index is 0.127. The largest absolute Gasteiger partial charge is 0.507 e. The Morgan fingerprint density at radius 2 is 2.07 bits per heavy atom. The molecule has 0 amide bonds. The number of aromatic amines is 1. The van der Waals surface area contributed by atoms with E-state index in [-0.39, 0.29) is 17.8 Å². The molecule has 7 nitrogen and oxygen atoms in total. The Kier molecular flexibility index (Phi) is 5.77. The molecule has 0 unspecified atom stereocenters. The number of nitrogens with zero attached hydrogens (tertiary/aromatic N) is 4. The van der Waals surface area contributed by atoms with Crippen LogP contribution in [0.4, 0.5) is 9.52 Å². The highest BCUT2D eigenvalue weighted by Gasteiger charge is 2.34. The van der Waals surface area contributed by atoms with Crippen LogP contribution in [-0.4, -0.2) is 57.9 Å². The molecule has 1 aliphatic rings. The van der Waals surface area contributed by atoms with Crippen molar-refractivity contribution in [3.8, 4) is 27.4 Å². The van der Waals surface area contributed by atoms with Gasteiger partial charge >= 0.3 is 0 Å². The number of alkyl halides is 1. The normalized spacial score (nSPS) is 22.4. The monoisotopic (exact) mass is 416 g/mol. The van der Waals surface area contributed by atoms with Crippen LogP contribution in [-0.2, 0) is 0 Å². The highest BCUT2D eigenvalue weighted by molar-refractivity contribution is 7.18. The lowest BCUT2D eigenvalue weighted by Crippen LogP contribution is -2.48. The van der Waals surface area contributed by atoms with Gasteiger partial charge in [-0.05, 0) is 37.6 Å². The molecule has 3 aromatic rings. The van der Waals surface area contributed by atoms with Crippen molar-refractivity contribution >= 4 is 16.5 Å². The Morgan fingerprint density at radius 3 is 2.79 bits per heavy atom. The van der Waals surface area contributed by atoms with Crippen LogP contribution in [0.5, 0.6) is 5.75 Å². The highest BCUT2D eigenvalue weighted by atomic mass is 32.1. The van der Waals surface area contributed by atoms with Gasteiger partial charge in [0.25, 0.3) is 0 Å². The molecule has 3 N–H and O–H groups in total. The summed E-state index contributed by atoms with van der Waals surface area (Å²) in [7, 11) is 3.69. The van der Waals surface area contributed by atoms with Crippen LogP contribution >= 0.6 is 11.3 Å². The number of H-pyrrole nitrogens is 1. The first kappa shape index (κ1) is 19.8. The second-order valence-corrected chi connectivity index (χ2v) is 8.37. The summed E-state index contributed by atoms with van der Waals surface area (Å²) >= 11 is 1.36. The first-order chi connectivity index (χ1) is 14.1. The molecule has 2 heterocycles. The van der Waals surface area contributed by atoms with Gasteiger partial charge in [-0.25, -0.2) is 4.39 Å². The van der Waals surface area contributed by atoms with Gasteiger partial charge in [0.1, 0.15) is 11.9 Å². The molecule has 4 rings (SSSR count). The molecule has 0 aliphatic heterocycles. The summed E-state index contributed by atoms with van der Waals surface area (Å²) in [5, 5.41) is 30.1. The Balaban J connectivity index is 1.56. The van der Waals surface area contributed by atoms with Crippen LogP contribution in [0.3, 0.4) is 0 Å². The second-order valence-electron chi connectivity index (χ2n) is 7.41. The van der Waals surface area contributed by atoms with Crippen molar-refractivity contribution in [3.63, 3.8) is 0 Å². The number of nitrogens with one attached hydrogen (secondary N) is 2. The molecule has 3 atom stereocenters. The van der Waals surface area contributed by atoms with Gasteiger partial charge in [0.15, 0.2) is 5.01 Å². The van der Waals surface area contributed by atoms with E-state index < -0.39 is 6.17 Å². The van der Waals surface area contributed by atoms with Crippen LogP contribution in [0.25, 0.3) is 21.7 Å². The summed E-state index contributed by atoms with van der Waals surface area (Å²) in [6, 6.07) is 5.03. The minimum atomic E-state index is -0.970. The van der Waals surface area contributed by atoms with Crippen molar-refractivity contribution in [1.82, 2.24) is 25.7 Å². The van der Waals surface area contributed by atoms with E-state index in [0.29, 0.717) is 15.7 Å². The standard InChI is InChI=1S/C20H25FN6OS/c1-22-15-5-3-4-6-16(18(15)21)27(2)20-26-25-19(29-20)14-8-7-12(9-17(14)28)13-10-23-24-11-13/h7-11,15-16,18,22,28H,3-6H2,1-2H3,(H,23,24)/t15-,16+,18-/m0/s1. The smallest absolute Gasteiger partial charge is 0.208 e. The van der Waals surface area contributed by atoms with Gasteiger partial charge < -0.3 is 15.3 Å². The quantitative estimate of drug-likeness (QED) is 0.551. The van der Waals surface area contributed by atoms with E-state index in [0.717, 1.165) is 36.8 Å². The van der Waals surface area contributed by atoms with Gasteiger partial charge in [-0.2, -0.15) is 5.10 Å². The first-order valence-corrected chi connectivity index (χ1v) is 10.6. The Morgan fingerprint density at radius 1 is 1.24 bits per heavy atom. The molecular weight excluding hydrogens is 391 g/mol. The zero-order valence-electron chi connectivity index (χ0n) is 16.5. The second kappa shape index (κ2) is 8.46.